The minimum absolute atomic E-state index is 0. The molecule has 0 amide bonds. The molecule has 0 spiro atoms. The topological polar surface area (TPSA) is 183 Å². The molecule has 2 fully saturated rings. The number of nitro groups is 3. The average molecular weight is 892 g/mol. The van der Waals surface area contributed by atoms with Crippen LogP contribution in [0, 0.1) is 94.0 Å². The summed E-state index contributed by atoms with van der Waals surface area (Å²) in [6.07, 6.45) is 27.6. The fraction of sp³-hybridized carbons (Fsp3) is 0.146. The quantitative estimate of drug-likeness (QED) is 0.0204. The molecule has 0 heterocycles. The molecule has 2 saturated carbocycles. The molecule has 15 heteroatoms. The van der Waals surface area contributed by atoms with Crippen molar-refractivity contribution in [3.63, 3.8) is 0 Å². The first-order chi connectivity index (χ1) is 30.1. The van der Waals surface area contributed by atoms with Crippen LogP contribution in [0.4, 0.5) is 17.1 Å². The largest absolute Gasteiger partial charge is 2.00 e. The van der Waals surface area contributed by atoms with Gasteiger partial charge in [0.15, 0.2) is 0 Å². The Labute approximate surface area is 376 Å². The van der Waals surface area contributed by atoms with E-state index in [0.717, 1.165) is 40.8 Å². The van der Waals surface area contributed by atoms with Crippen molar-refractivity contribution < 1.29 is 55.6 Å². The van der Waals surface area contributed by atoms with Crippen LogP contribution in [-0.2, 0) is 36.0 Å². The van der Waals surface area contributed by atoms with Crippen LogP contribution >= 0.6 is 0 Å². The molecule has 3 aliphatic rings. The van der Waals surface area contributed by atoms with Gasteiger partial charge in [0.1, 0.15) is 6.61 Å². The summed E-state index contributed by atoms with van der Waals surface area (Å²) >= 11 is 0. The molecule has 7 rings (SSSR count). The molecule has 14 nitrogen and oxygen atoms in total. The van der Waals surface area contributed by atoms with Gasteiger partial charge in [-0.25, -0.2) is 4.79 Å². The van der Waals surface area contributed by atoms with Gasteiger partial charge >= 0.3 is 23.0 Å². The minimum Gasteiger partial charge on any atom is -0.460 e. The van der Waals surface area contributed by atoms with Crippen LogP contribution in [0.3, 0.4) is 0 Å². The number of fused-ring (bicyclic) bond motifs is 3. The van der Waals surface area contributed by atoms with Crippen molar-refractivity contribution >= 4 is 52.9 Å². The number of nitro benzene ring substituents is 3. The standard InChI is InChI=1S/C43H36N3O11.C5H5.Fe/c1-54-18-19-55-20-21-56-22-23-57-43(47)39-27-34(44(48)49)25-37-36(38-26-35(45(50)51)28-40(46(52)53)42(38)41(37)39)24-33-16-14-32(15-17-33)13-12-31-10-8-30(9-11-31)7-6-29-4-2-3-5-29;1-2-4-5-3-1;/h2-17,24-28H,18-23H2,1H3;1-5H;/q;;+2/b7-6+,13-12+,36-24-;;. The predicted molar refractivity (Wildman–Crippen MR) is 235 cm³/mol. The van der Waals surface area contributed by atoms with Gasteiger partial charge in [-0.15, -0.1) is 0 Å². The summed E-state index contributed by atoms with van der Waals surface area (Å²) in [5.74, 6) is 0.137. The number of ether oxygens (including phenoxy) is 4. The van der Waals surface area contributed by atoms with Crippen molar-refractivity contribution in [2.24, 2.45) is 0 Å². The number of hydrogen-bond donors (Lipinski definition) is 0. The molecule has 0 saturated heterocycles. The Morgan fingerprint density at radius 1 is 0.556 bits per heavy atom. The van der Waals surface area contributed by atoms with Crippen LogP contribution in [0.15, 0.2) is 78.9 Å². The van der Waals surface area contributed by atoms with Crippen LogP contribution in [0.5, 0.6) is 0 Å². The van der Waals surface area contributed by atoms with Crippen LogP contribution in [0.2, 0.25) is 0 Å². The fourth-order valence-corrected chi connectivity index (χ4v) is 6.54. The minimum atomic E-state index is -0.991. The maximum absolute atomic E-state index is 13.6. The van der Waals surface area contributed by atoms with Crippen LogP contribution in [0.25, 0.3) is 41.0 Å². The van der Waals surface area contributed by atoms with Crippen molar-refractivity contribution in [2.45, 2.75) is 0 Å². The maximum Gasteiger partial charge on any atom is 2.00 e. The number of benzene rings is 4. The van der Waals surface area contributed by atoms with Crippen LogP contribution in [0.1, 0.15) is 43.7 Å². The van der Waals surface area contributed by atoms with Crippen molar-refractivity contribution in [1.29, 1.82) is 0 Å². The summed E-state index contributed by atoms with van der Waals surface area (Å²) in [7, 11) is 1.55. The molecule has 0 unspecified atom stereocenters. The van der Waals surface area contributed by atoms with Gasteiger partial charge in [-0.2, -0.15) is 0 Å². The summed E-state index contributed by atoms with van der Waals surface area (Å²) in [4.78, 5) is 47.8. The number of non-ortho nitro benzene ring substituents is 2. The first-order valence-corrected chi connectivity index (χ1v) is 19.4. The molecule has 0 atom stereocenters. The third-order valence-electron chi connectivity index (χ3n) is 9.52. The number of carbonyl (C=O) groups is 1. The van der Waals surface area contributed by atoms with Gasteiger partial charge in [0.25, 0.3) is 17.1 Å². The van der Waals surface area contributed by atoms with E-state index in [-0.39, 0.29) is 76.9 Å². The van der Waals surface area contributed by atoms with Crippen LogP contribution in [-0.4, -0.2) is 67.5 Å². The molecule has 3 aliphatic carbocycles. The molecule has 0 bridgehead atoms. The van der Waals surface area contributed by atoms with E-state index < -0.39 is 37.8 Å². The van der Waals surface area contributed by atoms with Crippen molar-refractivity contribution in [2.75, 3.05) is 46.8 Å². The van der Waals surface area contributed by atoms with E-state index in [4.69, 9.17) is 18.9 Å². The predicted octanol–water partition coefficient (Wildman–Crippen LogP) is 9.42. The maximum atomic E-state index is 13.6. The van der Waals surface area contributed by atoms with Gasteiger partial charge in [0.05, 0.1) is 65.0 Å². The summed E-state index contributed by atoms with van der Waals surface area (Å²) in [5, 5.41) is 36.5. The Balaban J connectivity index is 0.00000116. The second-order valence-electron chi connectivity index (χ2n) is 13.7. The second-order valence-corrected chi connectivity index (χ2v) is 13.7. The van der Waals surface area contributed by atoms with Gasteiger partial charge in [-0.05, 0) is 97.3 Å². The van der Waals surface area contributed by atoms with Crippen LogP contribution < -0.4 is 0 Å². The number of nitrogens with zero attached hydrogens (tertiary/aromatic N) is 3. The third-order valence-corrected chi connectivity index (χ3v) is 9.52. The number of rotatable bonds is 18. The number of esters is 1. The molecular formula is C48H41FeN3O11+2. The summed E-state index contributed by atoms with van der Waals surface area (Å²) in [6.45, 7) is 1.04. The van der Waals surface area contributed by atoms with Crippen molar-refractivity contribution in [3.05, 3.63) is 212 Å². The van der Waals surface area contributed by atoms with E-state index >= 15 is 0 Å². The number of hydrogen-bond acceptors (Lipinski definition) is 11. The Morgan fingerprint density at radius 2 is 1.02 bits per heavy atom. The molecule has 0 N–H and O–H groups in total. The van der Waals surface area contributed by atoms with Gasteiger partial charge in [-0.3, -0.25) is 30.3 Å². The number of carbonyl (C=O) groups excluding carboxylic acids is 1. The molecule has 4 aromatic carbocycles. The average Bonchev–Trinajstić information content (AvgIpc) is 4.09. The van der Waals surface area contributed by atoms with Gasteiger partial charge in [0, 0.05) is 42.4 Å². The zero-order chi connectivity index (χ0) is 43.8. The summed E-state index contributed by atoms with van der Waals surface area (Å²) in [5.41, 5.74) is 1.80. The van der Waals surface area contributed by atoms with E-state index in [1.54, 1.807) is 25.3 Å². The van der Waals surface area contributed by atoms with E-state index in [0.29, 0.717) is 18.8 Å². The van der Waals surface area contributed by atoms with E-state index in [1.807, 2.05) is 118 Å². The first kappa shape index (κ1) is 48.2. The van der Waals surface area contributed by atoms with Gasteiger partial charge in [0.2, 0.25) is 0 Å². The fourth-order valence-electron chi connectivity index (χ4n) is 6.54. The molecular weight excluding hydrogens is 850 g/mol. The Hall–Kier alpha value is -5.83. The molecule has 0 aromatic heterocycles. The third kappa shape index (κ3) is 13.3. The van der Waals surface area contributed by atoms with Crippen molar-refractivity contribution in [1.82, 2.24) is 0 Å². The normalized spacial score (nSPS) is 14.9. The Bertz CT molecular complexity index is 2310. The summed E-state index contributed by atoms with van der Waals surface area (Å²) < 4.78 is 21.1. The Morgan fingerprint density at radius 3 is 1.52 bits per heavy atom. The molecule has 0 aliphatic heterocycles. The second kappa shape index (κ2) is 24.1. The smallest absolute Gasteiger partial charge is 0.460 e. The molecule has 320 valence electrons. The monoisotopic (exact) mass is 891 g/mol. The van der Waals surface area contributed by atoms with E-state index in [2.05, 4.69) is 0 Å². The molecule has 4 aromatic rings. The molecule has 10 radical (unpaired) electrons. The SMILES string of the molecule is COCCOCCOCCOC(=O)c1cc([N+](=O)[O-])cc2c1-c1c(cc([N+](=O)[O-])cc1[N+](=O)[O-])/C2=C\c1ccc(/C=C/c2ccc(/C=C/[C]3[CH][CH][CH][CH]3)cc2)cc1.[CH]1[CH][CH][CH][CH]1.[Fe+2]. The van der Waals surface area contributed by atoms with Gasteiger partial charge in [-0.1, -0.05) is 72.8 Å². The van der Waals surface area contributed by atoms with Crippen molar-refractivity contribution in [3.8, 4) is 11.1 Å². The summed E-state index contributed by atoms with van der Waals surface area (Å²) in [6, 6.07) is 19.5. The molecule has 63 heavy (non-hydrogen) atoms. The Kier molecular flexibility index (Phi) is 18.5. The van der Waals surface area contributed by atoms with Gasteiger partial charge < -0.3 is 18.9 Å². The number of allylic oxidation sites excluding steroid dienone is 1. The first-order valence-electron chi connectivity index (χ1n) is 19.4. The number of methoxy groups -OCH3 is 1. The zero-order valence-electron chi connectivity index (χ0n) is 33.9. The zero-order valence-corrected chi connectivity index (χ0v) is 35.0. The van der Waals surface area contributed by atoms with E-state index in [1.165, 1.54) is 6.07 Å². The van der Waals surface area contributed by atoms with E-state index in [9.17, 15) is 35.1 Å².